The first-order chi connectivity index (χ1) is 16.1. The first kappa shape index (κ1) is 23.3. The smallest absolute Gasteiger partial charge is 0.280 e. The summed E-state index contributed by atoms with van der Waals surface area (Å²) < 4.78 is 6.25. The second-order valence-electron chi connectivity index (χ2n) is 9.67. The lowest BCUT2D eigenvalue weighted by Gasteiger charge is -2.18. The van der Waals surface area contributed by atoms with E-state index in [4.69, 9.17) is 4.42 Å². The lowest BCUT2D eigenvalue weighted by molar-refractivity contribution is 0.0989. The van der Waals surface area contributed by atoms with Crippen LogP contribution in [0.15, 0.2) is 83.3 Å². The Morgan fingerprint density at radius 1 is 0.765 bits per heavy atom. The third-order valence-electron chi connectivity index (χ3n) is 5.92. The minimum atomic E-state index is -0.223. The summed E-state index contributed by atoms with van der Waals surface area (Å²) >= 11 is 0. The van der Waals surface area contributed by atoms with Crippen molar-refractivity contribution in [3.8, 4) is 22.8 Å². The van der Waals surface area contributed by atoms with Crippen LogP contribution in [0.4, 0.5) is 11.4 Å². The van der Waals surface area contributed by atoms with Crippen LogP contribution in [-0.2, 0) is 5.41 Å². The molecule has 4 aromatic rings. The van der Waals surface area contributed by atoms with Crippen LogP contribution >= 0.6 is 0 Å². The highest BCUT2D eigenvalue weighted by atomic mass is 16.4. The van der Waals surface area contributed by atoms with E-state index in [-0.39, 0.29) is 11.3 Å². The molecule has 1 heterocycles. The van der Waals surface area contributed by atoms with E-state index in [0.29, 0.717) is 17.3 Å². The van der Waals surface area contributed by atoms with Crippen molar-refractivity contribution in [1.82, 2.24) is 4.98 Å². The Balaban J connectivity index is 1.78. The van der Waals surface area contributed by atoms with E-state index in [0.717, 1.165) is 22.5 Å². The van der Waals surface area contributed by atoms with E-state index >= 15 is 0 Å². The summed E-state index contributed by atoms with van der Waals surface area (Å²) in [6, 6.07) is 25.6. The molecular weight excluding hydrogens is 422 g/mol. The summed E-state index contributed by atoms with van der Waals surface area (Å²) in [5.74, 6) is 0.670. The maximum Gasteiger partial charge on any atom is 0.280 e. The Morgan fingerprint density at radius 3 is 1.91 bits per heavy atom. The number of nitrogens with zero attached hydrogens (tertiary/aromatic N) is 3. The van der Waals surface area contributed by atoms with Crippen LogP contribution in [-0.4, -0.2) is 32.0 Å². The molecule has 0 aliphatic heterocycles. The third-order valence-corrected chi connectivity index (χ3v) is 5.92. The molecule has 0 radical (unpaired) electrons. The first-order valence-electron chi connectivity index (χ1n) is 11.4. The Kier molecular flexibility index (Phi) is 6.29. The molecule has 0 spiro atoms. The van der Waals surface area contributed by atoms with Gasteiger partial charge in [-0.25, -0.2) is 4.98 Å². The van der Waals surface area contributed by atoms with Crippen molar-refractivity contribution in [3.63, 3.8) is 0 Å². The van der Waals surface area contributed by atoms with Crippen LogP contribution in [0.2, 0.25) is 0 Å². The number of benzene rings is 3. The Hall–Kier alpha value is -3.86. The fraction of sp³-hybridized carbons (Fsp3) is 0.241. The maximum absolute atomic E-state index is 13.5. The van der Waals surface area contributed by atoms with Gasteiger partial charge in [-0.05, 0) is 59.5 Å². The van der Waals surface area contributed by atoms with E-state index in [2.05, 4.69) is 37.9 Å². The van der Waals surface area contributed by atoms with Gasteiger partial charge in [-0.3, -0.25) is 4.79 Å². The van der Waals surface area contributed by atoms with Crippen LogP contribution in [0.1, 0.15) is 36.8 Å². The van der Waals surface area contributed by atoms with Crippen molar-refractivity contribution in [1.29, 1.82) is 0 Å². The van der Waals surface area contributed by atoms with Gasteiger partial charge in [0.15, 0.2) is 11.5 Å². The van der Waals surface area contributed by atoms with Gasteiger partial charge < -0.3 is 14.2 Å². The topological polar surface area (TPSA) is 49.6 Å². The zero-order chi connectivity index (χ0) is 24.5. The molecule has 4 rings (SSSR count). The average Bonchev–Trinajstić information content (AvgIpc) is 3.29. The number of amides is 1. The third kappa shape index (κ3) is 4.74. The number of hydrogen-bond acceptors (Lipinski definition) is 4. The molecule has 34 heavy (non-hydrogen) atoms. The van der Waals surface area contributed by atoms with Crippen molar-refractivity contribution in [2.45, 2.75) is 26.2 Å². The second kappa shape index (κ2) is 9.18. The fourth-order valence-electron chi connectivity index (χ4n) is 3.74. The number of para-hydroxylation sites is 1. The van der Waals surface area contributed by atoms with E-state index in [9.17, 15) is 4.79 Å². The largest absolute Gasteiger partial charge is 0.435 e. The number of carbonyl (C=O) groups is 1. The summed E-state index contributed by atoms with van der Waals surface area (Å²) in [4.78, 5) is 21.9. The molecule has 5 nitrogen and oxygen atoms in total. The molecule has 0 atom stereocenters. The number of hydrogen-bond donors (Lipinski definition) is 0. The van der Waals surface area contributed by atoms with E-state index in [1.807, 2.05) is 85.7 Å². The van der Waals surface area contributed by atoms with Crippen LogP contribution in [0.25, 0.3) is 22.8 Å². The van der Waals surface area contributed by atoms with Crippen molar-refractivity contribution in [2.24, 2.45) is 0 Å². The number of anilines is 2. The van der Waals surface area contributed by atoms with Crippen molar-refractivity contribution >= 4 is 17.3 Å². The van der Waals surface area contributed by atoms with Gasteiger partial charge in [-0.15, -0.1) is 0 Å². The molecule has 0 N–H and O–H groups in total. The van der Waals surface area contributed by atoms with Crippen LogP contribution in [0.5, 0.6) is 0 Å². The van der Waals surface area contributed by atoms with Gasteiger partial charge >= 0.3 is 0 Å². The fourth-order valence-corrected chi connectivity index (χ4v) is 3.74. The first-order valence-corrected chi connectivity index (χ1v) is 11.4. The molecular formula is C29H31N3O2. The number of carbonyl (C=O) groups excluding carboxylic acids is 1. The normalized spacial score (nSPS) is 11.4. The SMILES string of the molecule is CN(C)c1ccc(-c2oc(-c3ccc(C(C)(C)C)cc3)nc2C(=O)N(C)c2ccccc2)cc1. The molecule has 0 bridgehead atoms. The molecule has 0 fully saturated rings. The monoisotopic (exact) mass is 453 g/mol. The highest BCUT2D eigenvalue weighted by Gasteiger charge is 2.26. The van der Waals surface area contributed by atoms with Gasteiger partial charge in [0, 0.05) is 43.6 Å². The molecule has 0 aliphatic carbocycles. The zero-order valence-corrected chi connectivity index (χ0v) is 20.7. The lowest BCUT2D eigenvalue weighted by Crippen LogP contribution is -2.27. The van der Waals surface area contributed by atoms with Gasteiger partial charge in [0.2, 0.25) is 5.89 Å². The van der Waals surface area contributed by atoms with Gasteiger partial charge in [-0.1, -0.05) is 51.1 Å². The lowest BCUT2D eigenvalue weighted by atomic mass is 9.87. The summed E-state index contributed by atoms with van der Waals surface area (Å²) in [7, 11) is 5.74. The molecule has 3 aromatic carbocycles. The molecule has 1 amide bonds. The highest BCUT2D eigenvalue weighted by molar-refractivity contribution is 6.08. The molecule has 174 valence electrons. The average molecular weight is 454 g/mol. The Labute approximate surface area is 201 Å². The maximum atomic E-state index is 13.5. The van der Waals surface area contributed by atoms with Crippen molar-refractivity contribution < 1.29 is 9.21 Å². The van der Waals surface area contributed by atoms with Crippen LogP contribution < -0.4 is 9.80 Å². The van der Waals surface area contributed by atoms with E-state index in [1.54, 1.807) is 11.9 Å². The van der Waals surface area contributed by atoms with Gasteiger partial charge in [0.05, 0.1) is 0 Å². The molecule has 0 saturated carbocycles. The molecule has 0 unspecified atom stereocenters. The van der Waals surface area contributed by atoms with Crippen molar-refractivity contribution in [2.75, 3.05) is 30.9 Å². The van der Waals surface area contributed by atoms with E-state index in [1.165, 1.54) is 5.56 Å². The van der Waals surface area contributed by atoms with E-state index < -0.39 is 0 Å². The Bertz CT molecular complexity index is 1270. The minimum Gasteiger partial charge on any atom is -0.435 e. The number of aromatic nitrogens is 1. The van der Waals surface area contributed by atoms with Gasteiger partial charge in [0.25, 0.3) is 5.91 Å². The minimum absolute atomic E-state index is 0.0496. The quantitative estimate of drug-likeness (QED) is 0.339. The van der Waals surface area contributed by atoms with Crippen molar-refractivity contribution in [3.05, 3.63) is 90.1 Å². The molecule has 0 aliphatic rings. The second-order valence-corrected chi connectivity index (χ2v) is 9.67. The highest BCUT2D eigenvalue weighted by Crippen LogP contribution is 2.33. The standard InChI is InChI=1S/C29H31N3O2/c1-29(2,3)22-16-12-21(13-17-22)27-30-25(28(33)32(6)24-10-8-7-9-11-24)26(34-27)20-14-18-23(19-15-20)31(4)5/h7-19H,1-6H3. The molecule has 0 saturated heterocycles. The zero-order valence-electron chi connectivity index (χ0n) is 20.7. The van der Waals surface area contributed by atoms with Crippen LogP contribution in [0.3, 0.4) is 0 Å². The molecule has 1 aromatic heterocycles. The molecule has 5 heteroatoms. The Morgan fingerprint density at radius 2 is 1.35 bits per heavy atom. The summed E-state index contributed by atoms with van der Waals surface area (Å²) in [5, 5.41) is 0. The number of oxazole rings is 1. The van der Waals surface area contributed by atoms with Gasteiger partial charge in [-0.2, -0.15) is 0 Å². The predicted molar refractivity (Wildman–Crippen MR) is 140 cm³/mol. The van der Waals surface area contributed by atoms with Crippen LogP contribution in [0, 0.1) is 0 Å². The van der Waals surface area contributed by atoms with Gasteiger partial charge in [0.1, 0.15) is 0 Å². The predicted octanol–water partition coefficient (Wildman–Crippen LogP) is 6.65. The summed E-state index contributed by atoms with van der Waals surface area (Å²) in [5.41, 5.74) is 5.06. The summed E-state index contributed by atoms with van der Waals surface area (Å²) in [6.45, 7) is 6.54. The summed E-state index contributed by atoms with van der Waals surface area (Å²) in [6.07, 6.45) is 0. The number of rotatable bonds is 5.